The molecular formula is C13H14. The summed E-state index contributed by atoms with van der Waals surface area (Å²) in [5, 5.41) is 0. The maximum Gasteiger partial charge on any atom is 0.0237 e. The van der Waals surface area contributed by atoms with E-state index in [2.05, 4.69) is 36.5 Å². The first-order chi connectivity index (χ1) is 6.45. The van der Waals surface area contributed by atoms with Crippen molar-refractivity contribution in [3.8, 4) is 0 Å². The Balaban J connectivity index is 2.06. The van der Waals surface area contributed by atoms with Crippen LogP contribution in [-0.4, -0.2) is 0 Å². The minimum atomic E-state index is 0.635. The molecule has 2 unspecified atom stereocenters. The topological polar surface area (TPSA) is 0 Å². The summed E-state index contributed by atoms with van der Waals surface area (Å²) in [6, 6.07) is 0. The molecule has 0 heterocycles. The van der Waals surface area contributed by atoms with Crippen molar-refractivity contribution in [2.75, 3.05) is 0 Å². The number of hydrogen-bond acceptors (Lipinski definition) is 0. The Bertz CT molecular complexity index is 339. The highest BCUT2D eigenvalue weighted by Gasteiger charge is 2.27. The van der Waals surface area contributed by atoms with Crippen molar-refractivity contribution in [2.45, 2.75) is 19.3 Å². The molecule has 0 amide bonds. The molecule has 3 aliphatic rings. The molecule has 0 saturated heterocycles. The molecule has 0 fully saturated rings. The third-order valence-electron chi connectivity index (χ3n) is 3.36. The fourth-order valence-corrected chi connectivity index (χ4v) is 2.67. The highest BCUT2D eigenvalue weighted by atomic mass is 14.3. The van der Waals surface area contributed by atoms with Crippen molar-refractivity contribution in [3.63, 3.8) is 0 Å². The first kappa shape index (κ1) is 7.37. The molecule has 0 bridgehead atoms. The van der Waals surface area contributed by atoms with Gasteiger partial charge in [-0.25, -0.2) is 0 Å². The Morgan fingerprint density at radius 1 is 1.23 bits per heavy atom. The molecule has 0 heteroatoms. The first-order valence-electron chi connectivity index (χ1n) is 5.22. The highest BCUT2D eigenvalue weighted by Crippen LogP contribution is 2.41. The van der Waals surface area contributed by atoms with Crippen LogP contribution in [0.15, 0.2) is 47.6 Å². The van der Waals surface area contributed by atoms with E-state index >= 15 is 0 Å². The number of hydrogen-bond donors (Lipinski definition) is 0. The number of fused-ring (bicyclic) bond motifs is 3. The van der Waals surface area contributed by atoms with Crippen LogP contribution in [-0.2, 0) is 0 Å². The molecule has 0 N–H and O–H groups in total. The van der Waals surface area contributed by atoms with Crippen molar-refractivity contribution in [1.29, 1.82) is 0 Å². The summed E-state index contributed by atoms with van der Waals surface area (Å²) in [6.07, 6.45) is 18.0. The average molecular weight is 170 g/mol. The van der Waals surface area contributed by atoms with E-state index in [0.717, 1.165) is 5.92 Å². The first-order valence-corrected chi connectivity index (χ1v) is 5.22. The number of allylic oxidation sites excluding steroid dienone is 8. The lowest BCUT2D eigenvalue weighted by atomic mass is 9.75. The molecule has 0 aromatic carbocycles. The van der Waals surface area contributed by atoms with Crippen LogP contribution >= 0.6 is 0 Å². The third-order valence-corrected chi connectivity index (χ3v) is 3.36. The summed E-state index contributed by atoms with van der Waals surface area (Å²) >= 11 is 0. The van der Waals surface area contributed by atoms with Gasteiger partial charge in [0, 0.05) is 5.92 Å². The zero-order chi connectivity index (χ0) is 8.67. The molecule has 0 nitrogen and oxygen atoms in total. The molecule has 66 valence electrons. The van der Waals surface area contributed by atoms with Crippen LogP contribution in [0, 0.1) is 11.8 Å². The zero-order valence-corrected chi connectivity index (χ0v) is 7.74. The van der Waals surface area contributed by atoms with Crippen LogP contribution in [0.1, 0.15) is 19.3 Å². The molecule has 3 aliphatic carbocycles. The largest absolute Gasteiger partial charge is 0.0838 e. The lowest BCUT2D eigenvalue weighted by Gasteiger charge is -2.30. The van der Waals surface area contributed by atoms with Crippen molar-refractivity contribution in [3.05, 3.63) is 47.6 Å². The van der Waals surface area contributed by atoms with Crippen LogP contribution in [0.3, 0.4) is 0 Å². The SMILES string of the molecule is C1=CC2C(=C1)C=CC1CCCC=C12. The fraction of sp³-hybridized carbons (Fsp3) is 0.385. The van der Waals surface area contributed by atoms with E-state index in [0.29, 0.717) is 5.92 Å². The van der Waals surface area contributed by atoms with Crippen molar-refractivity contribution < 1.29 is 0 Å². The van der Waals surface area contributed by atoms with Gasteiger partial charge in [0.1, 0.15) is 0 Å². The normalized spacial score (nSPS) is 35.1. The van der Waals surface area contributed by atoms with E-state index < -0.39 is 0 Å². The van der Waals surface area contributed by atoms with Crippen LogP contribution < -0.4 is 0 Å². The third kappa shape index (κ3) is 1.05. The maximum absolute atomic E-state index is 2.46. The van der Waals surface area contributed by atoms with Crippen molar-refractivity contribution in [2.24, 2.45) is 11.8 Å². The molecule has 0 aromatic rings. The summed E-state index contributed by atoms with van der Waals surface area (Å²) in [4.78, 5) is 0. The van der Waals surface area contributed by atoms with Crippen molar-refractivity contribution in [1.82, 2.24) is 0 Å². The standard InChI is InChI=1S/C13H14/c1-2-6-12-10(4-1)8-9-11-5-3-7-13(11)12/h3,5-10,13H,1-2,4H2. The Hall–Kier alpha value is -1.04. The smallest absolute Gasteiger partial charge is 0.0237 e. The second-order valence-corrected chi connectivity index (χ2v) is 4.13. The molecular weight excluding hydrogens is 156 g/mol. The van der Waals surface area contributed by atoms with Crippen LogP contribution in [0.4, 0.5) is 0 Å². The van der Waals surface area contributed by atoms with Gasteiger partial charge in [-0.05, 0) is 30.8 Å². The summed E-state index contributed by atoms with van der Waals surface area (Å²) in [5.41, 5.74) is 3.15. The minimum Gasteiger partial charge on any atom is -0.0838 e. The van der Waals surface area contributed by atoms with E-state index in [1.54, 1.807) is 5.57 Å². The van der Waals surface area contributed by atoms with Gasteiger partial charge in [-0.1, -0.05) is 42.0 Å². The van der Waals surface area contributed by atoms with E-state index in [-0.39, 0.29) is 0 Å². The van der Waals surface area contributed by atoms with Gasteiger partial charge in [0.2, 0.25) is 0 Å². The van der Waals surface area contributed by atoms with E-state index in [4.69, 9.17) is 0 Å². The predicted molar refractivity (Wildman–Crippen MR) is 55.3 cm³/mol. The van der Waals surface area contributed by atoms with Crippen LogP contribution in [0.5, 0.6) is 0 Å². The highest BCUT2D eigenvalue weighted by molar-refractivity contribution is 5.47. The van der Waals surface area contributed by atoms with Gasteiger partial charge < -0.3 is 0 Å². The fourth-order valence-electron chi connectivity index (χ4n) is 2.67. The maximum atomic E-state index is 2.46. The quantitative estimate of drug-likeness (QED) is 0.489. The molecule has 0 radical (unpaired) electrons. The van der Waals surface area contributed by atoms with Gasteiger partial charge >= 0.3 is 0 Å². The van der Waals surface area contributed by atoms with Crippen LogP contribution in [0.2, 0.25) is 0 Å². The monoisotopic (exact) mass is 170 g/mol. The molecule has 0 spiro atoms. The summed E-state index contributed by atoms with van der Waals surface area (Å²) in [6.45, 7) is 0. The summed E-state index contributed by atoms with van der Waals surface area (Å²) in [5.74, 6) is 1.38. The van der Waals surface area contributed by atoms with Crippen molar-refractivity contribution >= 4 is 0 Å². The Morgan fingerprint density at radius 2 is 2.23 bits per heavy atom. The molecule has 13 heavy (non-hydrogen) atoms. The molecule has 0 aliphatic heterocycles. The second-order valence-electron chi connectivity index (χ2n) is 4.13. The van der Waals surface area contributed by atoms with E-state index in [9.17, 15) is 0 Å². The summed E-state index contributed by atoms with van der Waals surface area (Å²) < 4.78 is 0. The Morgan fingerprint density at radius 3 is 3.23 bits per heavy atom. The van der Waals surface area contributed by atoms with Crippen LogP contribution in [0.25, 0.3) is 0 Å². The van der Waals surface area contributed by atoms with Gasteiger partial charge in [-0.3, -0.25) is 0 Å². The van der Waals surface area contributed by atoms with E-state index in [1.807, 2.05) is 0 Å². The van der Waals surface area contributed by atoms with Gasteiger partial charge in [0.15, 0.2) is 0 Å². The Kier molecular flexibility index (Phi) is 1.55. The molecule has 3 rings (SSSR count). The molecule has 0 saturated carbocycles. The van der Waals surface area contributed by atoms with Gasteiger partial charge in [0.25, 0.3) is 0 Å². The van der Waals surface area contributed by atoms with Gasteiger partial charge in [-0.15, -0.1) is 0 Å². The second kappa shape index (κ2) is 2.73. The lowest BCUT2D eigenvalue weighted by Crippen LogP contribution is -2.17. The minimum absolute atomic E-state index is 0.635. The zero-order valence-electron chi connectivity index (χ0n) is 7.74. The number of rotatable bonds is 0. The summed E-state index contributed by atoms with van der Waals surface area (Å²) in [7, 11) is 0. The molecule has 0 aromatic heterocycles. The Labute approximate surface area is 79.3 Å². The lowest BCUT2D eigenvalue weighted by molar-refractivity contribution is 0.553. The average Bonchev–Trinajstić information content (AvgIpc) is 2.65. The van der Waals surface area contributed by atoms with E-state index in [1.165, 1.54) is 24.8 Å². The van der Waals surface area contributed by atoms with Gasteiger partial charge in [-0.2, -0.15) is 0 Å². The van der Waals surface area contributed by atoms with Gasteiger partial charge in [0.05, 0.1) is 0 Å². The predicted octanol–water partition coefficient (Wildman–Crippen LogP) is 3.40. The molecule has 2 atom stereocenters.